The van der Waals surface area contributed by atoms with Gasteiger partial charge in [0.05, 0.1) is 12.0 Å². The molecule has 0 N–H and O–H groups in total. The molecule has 0 saturated heterocycles. The smallest absolute Gasteiger partial charge is 0.313 e. The summed E-state index contributed by atoms with van der Waals surface area (Å²) in [4.78, 5) is 26.0. The van der Waals surface area contributed by atoms with Gasteiger partial charge in [-0.25, -0.2) is 4.99 Å². The van der Waals surface area contributed by atoms with Crippen LogP contribution in [-0.2, 0) is 4.79 Å². The molecule has 2 rings (SSSR count). The standard InChI is InChI=1S/C11H7NO3/c13-9-5-3-8(4-6-9)12-11(14)10-2-1-7-15-10/h1-7H. The molecule has 0 radical (unpaired) electrons. The van der Waals surface area contributed by atoms with Crippen LogP contribution >= 0.6 is 0 Å². The summed E-state index contributed by atoms with van der Waals surface area (Å²) < 4.78 is 4.89. The van der Waals surface area contributed by atoms with Crippen molar-refractivity contribution in [2.75, 3.05) is 0 Å². The number of furan rings is 1. The summed E-state index contributed by atoms with van der Waals surface area (Å²) in [6.45, 7) is 0. The fraction of sp³-hybridized carbons (Fsp3) is 0. The summed E-state index contributed by atoms with van der Waals surface area (Å²) in [6.07, 6.45) is 7.10. The number of amides is 1. The molecular formula is C11H7NO3. The normalized spacial score (nSPS) is 14.4. The summed E-state index contributed by atoms with van der Waals surface area (Å²) in [5.41, 5.74) is 0.441. The van der Waals surface area contributed by atoms with E-state index in [4.69, 9.17) is 4.42 Å². The van der Waals surface area contributed by atoms with E-state index in [0.29, 0.717) is 5.71 Å². The van der Waals surface area contributed by atoms with Gasteiger partial charge in [-0.3, -0.25) is 9.59 Å². The maximum Gasteiger partial charge on any atom is 0.313 e. The molecule has 1 heterocycles. The number of hydrogen-bond acceptors (Lipinski definition) is 3. The van der Waals surface area contributed by atoms with Crippen molar-refractivity contribution in [3.63, 3.8) is 0 Å². The first kappa shape index (κ1) is 9.33. The summed E-state index contributed by atoms with van der Waals surface area (Å²) in [6, 6.07) is 3.15. The fourth-order valence-electron chi connectivity index (χ4n) is 1.09. The lowest BCUT2D eigenvalue weighted by atomic mass is 10.1. The molecule has 0 spiro atoms. The molecule has 0 atom stereocenters. The van der Waals surface area contributed by atoms with Gasteiger partial charge in [0.2, 0.25) is 0 Å². The Morgan fingerprint density at radius 3 is 2.53 bits per heavy atom. The molecule has 0 fully saturated rings. The summed E-state index contributed by atoms with van der Waals surface area (Å²) in [5.74, 6) is -0.390. The fourth-order valence-corrected chi connectivity index (χ4v) is 1.09. The van der Waals surface area contributed by atoms with Gasteiger partial charge in [-0.2, -0.15) is 0 Å². The van der Waals surface area contributed by atoms with Crippen molar-refractivity contribution in [1.29, 1.82) is 0 Å². The molecule has 1 aliphatic carbocycles. The number of carbonyl (C=O) groups excluding carboxylic acids is 2. The molecular weight excluding hydrogens is 194 g/mol. The van der Waals surface area contributed by atoms with Crippen molar-refractivity contribution in [2.24, 2.45) is 4.99 Å². The molecule has 1 aliphatic rings. The molecule has 0 aliphatic heterocycles. The second kappa shape index (κ2) is 3.88. The number of nitrogens with zero attached hydrogens (tertiary/aromatic N) is 1. The number of hydrogen-bond donors (Lipinski definition) is 0. The van der Waals surface area contributed by atoms with Crippen molar-refractivity contribution in [2.45, 2.75) is 0 Å². The molecule has 1 aromatic rings. The van der Waals surface area contributed by atoms with Gasteiger partial charge < -0.3 is 4.42 Å². The van der Waals surface area contributed by atoms with Crippen LogP contribution in [-0.4, -0.2) is 17.4 Å². The van der Waals surface area contributed by atoms with Crippen LogP contribution in [0.5, 0.6) is 0 Å². The second-order valence-corrected chi connectivity index (χ2v) is 2.89. The van der Waals surface area contributed by atoms with Crippen molar-refractivity contribution >= 4 is 17.4 Å². The Labute approximate surface area is 85.6 Å². The lowest BCUT2D eigenvalue weighted by molar-refractivity contribution is -0.110. The van der Waals surface area contributed by atoms with E-state index >= 15 is 0 Å². The van der Waals surface area contributed by atoms with Crippen LogP contribution in [0.25, 0.3) is 0 Å². The predicted octanol–water partition coefficient (Wildman–Crippen LogP) is 1.56. The molecule has 15 heavy (non-hydrogen) atoms. The van der Waals surface area contributed by atoms with Gasteiger partial charge in [0.15, 0.2) is 11.5 Å². The highest BCUT2D eigenvalue weighted by molar-refractivity contribution is 6.19. The van der Waals surface area contributed by atoms with Gasteiger partial charge in [-0.1, -0.05) is 0 Å². The Bertz CT molecular complexity index is 460. The first-order valence-electron chi connectivity index (χ1n) is 4.32. The zero-order chi connectivity index (χ0) is 10.7. The zero-order valence-electron chi connectivity index (χ0n) is 7.71. The van der Waals surface area contributed by atoms with Crippen molar-refractivity contribution in [3.05, 3.63) is 48.5 Å². The number of aliphatic imine (C=N–C) groups is 1. The molecule has 4 nitrogen and oxygen atoms in total. The molecule has 1 aromatic heterocycles. The third kappa shape index (κ3) is 2.17. The van der Waals surface area contributed by atoms with Crippen molar-refractivity contribution < 1.29 is 14.0 Å². The Hall–Kier alpha value is -2.23. The van der Waals surface area contributed by atoms with E-state index in [-0.39, 0.29) is 11.5 Å². The Balaban J connectivity index is 2.18. The SMILES string of the molecule is O=C1C=CC(=NC(=O)c2ccco2)C=C1. The van der Waals surface area contributed by atoms with Crippen LogP contribution in [0.2, 0.25) is 0 Å². The van der Waals surface area contributed by atoms with E-state index in [1.54, 1.807) is 6.07 Å². The molecule has 4 heteroatoms. The van der Waals surface area contributed by atoms with Gasteiger partial charge in [-0.05, 0) is 36.4 Å². The Morgan fingerprint density at radius 1 is 1.20 bits per heavy atom. The average Bonchev–Trinajstić information content (AvgIpc) is 2.74. The predicted molar refractivity (Wildman–Crippen MR) is 53.8 cm³/mol. The molecule has 1 amide bonds. The second-order valence-electron chi connectivity index (χ2n) is 2.89. The third-order valence-corrected chi connectivity index (χ3v) is 1.80. The van der Waals surface area contributed by atoms with E-state index < -0.39 is 5.91 Å². The highest BCUT2D eigenvalue weighted by atomic mass is 16.3. The van der Waals surface area contributed by atoms with Gasteiger partial charge in [0.25, 0.3) is 0 Å². The molecule has 0 unspecified atom stereocenters. The molecule has 0 saturated carbocycles. The first-order valence-corrected chi connectivity index (χ1v) is 4.32. The monoisotopic (exact) mass is 201 g/mol. The minimum Gasteiger partial charge on any atom is -0.459 e. The lowest BCUT2D eigenvalue weighted by Crippen LogP contribution is -2.03. The Morgan fingerprint density at radius 2 is 1.93 bits per heavy atom. The summed E-state index contributed by atoms with van der Waals surface area (Å²) in [7, 11) is 0. The van der Waals surface area contributed by atoms with E-state index in [2.05, 4.69) is 4.99 Å². The quantitative estimate of drug-likeness (QED) is 0.648. The first-order chi connectivity index (χ1) is 7.25. The van der Waals surface area contributed by atoms with Gasteiger partial charge in [0.1, 0.15) is 0 Å². The van der Waals surface area contributed by atoms with Crippen LogP contribution in [0, 0.1) is 0 Å². The average molecular weight is 201 g/mol. The van der Waals surface area contributed by atoms with Crippen LogP contribution in [0.4, 0.5) is 0 Å². The number of carbonyl (C=O) groups is 2. The summed E-state index contributed by atoms with van der Waals surface area (Å²) >= 11 is 0. The summed E-state index contributed by atoms with van der Waals surface area (Å²) in [5, 5.41) is 0. The van der Waals surface area contributed by atoms with Crippen molar-refractivity contribution in [1.82, 2.24) is 0 Å². The minimum absolute atomic E-state index is 0.112. The van der Waals surface area contributed by atoms with E-state index in [1.807, 2.05) is 0 Å². The lowest BCUT2D eigenvalue weighted by Gasteiger charge is -1.96. The molecule has 74 valence electrons. The van der Waals surface area contributed by atoms with Crippen LogP contribution < -0.4 is 0 Å². The third-order valence-electron chi connectivity index (χ3n) is 1.80. The van der Waals surface area contributed by atoms with Gasteiger partial charge >= 0.3 is 5.91 Å². The van der Waals surface area contributed by atoms with Crippen molar-refractivity contribution in [3.8, 4) is 0 Å². The van der Waals surface area contributed by atoms with Crippen LogP contribution in [0.15, 0.2) is 52.1 Å². The molecule has 0 bridgehead atoms. The van der Waals surface area contributed by atoms with Gasteiger partial charge in [-0.15, -0.1) is 0 Å². The van der Waals surface area contributed by atoms with Crippen LogP contribution in [0.1, 0.15) is 10.6 Å². The largest absolute Gasteiger partial charge is 0.459 e. The maximum atomic E-state index is 11.4. The number of allylic oxidation sites excluding steroid dienone is 4. The highest BCUT2D eigenvalue weighted by Gasteiger charge is 2.08. The number of ketones is 1. The van der Waals surface area contributed by atoms with Crippen LogP contribution in [0.3, 0.4) is 0 Å². The van der Waals surface area contributed by atoms with E-state index in [0.717, 1.165) is 0 Å². The van der Waals surface area contributed by atoms with E-state index in [1.165, 1.54) is 36.6 Å². The minimum atomic E-state index is -0.460. The van der Waals surface area contributed by atoms with E-state index in [9.17, 15) is 9.59 Å². The Kier molecular flexibility index (Phi) is 2.41. The van der Waals surface area contributed by atoms with Gasteiger partial charge in [0, 0.05) is 0 Å². The topological polar surface area (TPSA) is 59.6 Å². The molecule has 0 aromatic carbocycles. The zero-order valence-corrected chi connectivity index (χ0v) is 7.71. The maximum absolute atomic E-state index is 11.4. The highest BCUT2D eigenvalue weighted by Crippen LogP contribution is 2.04. The number of rotatable bonds is 1.